The maximum absolute atomic E-state index is 14.7. The van der Waals surface area contributed by atoms with Gasteiger partial charge in [0.1, 0.15) is 11.6 Å². The highest BCUT2D eigenvalue weighted by Gasteiger charge is 2.79. The summed E-state index contributed by atoms with van der Waals surface area (Å²) in [7, 11) is 0. The first-order chi connectivity index (χ1) is 19.8. The topological polar surface area (TPSA) is 90.4 Å². The summed E-state index contributed by atoms with van der Waals surface area (Å²) in [5.41, 5.74) is -1.38. The zero-order valence-corrected chi connectivity index (χ0v) is 25.2. The Morgan fingerprint density at radius 2 is 1.85 bits per heavy atom. The van der Waals surface area contributed by atoms with Gasteiger partial charge in [-0.25, -0.2) is 0 Å². The van der Waals surface area contributed by atoms with Crippen LogP contribution in [-0.2, 0) is 19.1 Å². The molecule has 5 atom stereocenters. The lowest BCUT2D eigenvalue weighted by atomic mass is 9.64. The first-order valence-electron chi connectivity index (χ1n) is 14.9. The van der Waals surface area contributed by atoms with Crippen LogP contribution in [0.1, 0.15) is 58.8 Å². The van der Waals surface area contributed by atoms with E-state index in [-0.39, 0.29) is 30.9 Å². The summed E-state index contributed by atoms with van der Waals surface area (Å²) in [5, 5.41) is 9.73. The molecule has 3 aliphatic heterocycles. The second kappa shape index (κ2) is 13.1. The molecule has 0 aliphatic carbocycles. The zero-order valence-electron chi connectivity index (χ0n) is 24.4. The van der Waals surface area contributed by atoms with E-state index in [0.717, 1.165) is 6.42 Å². The van der Waals surface area contributed by atoms with Gasteiger partial charge in [-0.1, -0.05) is 49.7 Å². The van der Waals surface area contributed by atoms with Crippen molar-refractivity contribution in [2.75, 3.05) is 37.7 Å². The third kappa shape index (κ3) is 5.35. The van der Waals surface area contributed by atoms with Gasteiger partial charge in [0, 0.05) is 32.8 Å². The van der Waals surface area contributed by atoms with E-state index in [2.05, 4.69) is 13.2 Å². The summed E-state index contributed by atoms with van der Waals surface area (Å²) in [6, 6.07) is 6.23. The van der Waals surface area contributed by atoms with Gasteiger partial charge in [-0.3, -0.25) is 14.4 Å². The highest BCUT2D eigenvalue weighted by atomic mass is 35.5. The van der Waals surface area contributed by atoms with E-state index >= 15 is 0 Å². The molecule has 0 radical (unpaired) electrons. The molecule has 3 saturated heterocycles. The number of halogens is 1. The van der Waals surface area contributed by atoms with Crippen LogP contribution in [-0.4, -0.2) is 82.7 Å². The minimum Gasteiger partial charge on any atom is -0.396 e. The molecule has 3 fully saturated rings. The van der Waals surface area contributed by atoms with Gasteiger partial charge in [-0.2, -0.15) is 0 Å². The van der Waals surface area contributed by atoms with Crippen molar-refractivity contribution in [3.63, 3.8) is 0 Å². The predicted octanol–water partition coefficient (Wildman–Crippen LogP) is 4.60. The van der Waals surface area contributed by atoms with Gasteiger partial charge in [0.05, 0.1) is 28.1 Å². The van der Waals surface area contributed by atoms with E-state index in [0.29, 0.717) is 68.9 Å². The average molecular weight is 586 g/mol. The van der Waals surface area contributed by atoms with Crippen molar-refractivity contribution >= 4 is 35.0 Å². The molecular weight excluding hydrogens is 542 g/mol. The molecular formula is C32H44ClN3O5. The summed E-state index contributed by atoms with van der Waals surface area (Å²) in [5.74, 6) is -2.01. The van der Waals surface area contributed by atoms with Gasteiger partial charge >= 0.3 is 0 Å². The molecule has 3 amide bonds. The van der Waals surface area contributed by atoms with Crippen LogP contribution in [0.5, 0.6) is 0 Å². The molecule has 3 heterocycles. The maximum atomic E-state index is 14.7. The van der Waals surface area contributed by atoms with Crippen LogP contribution in [0.25, 0.3) is 0 Å². The number of carbonyl (C=O) groups is 3. The minimum atomic E-state index is -1.12. The number of benzene rings is 1. The van der Waals surface area contributed by atoms with Crippen molar-refractivity contribution in [1.82, 2.24) is 9.80 Å². The third-order valence-electron chi connectivity index (χ3n) is 9.11. The minimum absolute atomic E-state index is 0.0672. The number of hydrogen-bond acceptors (Lipinski definition) is 5. The SMILES string of the molecule is C=CCN(CCC)C(=O)[C@H]1[C@H]2C(=O)N(CCCCCO)C(C(=O)N(CC=C)c3ccccc3Cl)C23CC[C@]1(CC)O3. The molecule has 1 aromatic carbocycles. The Kier molecular flexibility index (Phi) is 9.98. The normalized spacial score (nSPS) is 28.0. The number of unbranched alkanes of at least 4 members (excludes halogenated alkanes) is 2. The second-order valence-corrected chi connectivity index (χ2v) is 11.8. The van der Waals surface area contributed by atoms with Crippen LogP contribution in [0.15, 0.2) is 49.6 Å². The van der Waals surface area contributed by atoms with E-state index in [1.165, 1.54) is 0 Å². The van der Waals surface area contributed by atoms with Crippen molar-refractivity contribution in [2.45, 2.75) is 76.0 Å². The summed E-state index contributed by atoms with van der Waals surface area (Å²) in [4.78, 5) is 48.3. The molecule has 41 heavy (non-hydrogen) atoms. The quantitative estimate of drug-likeness (QED) is 0.240. The number of hydrogen-bond donors (Lipinski definition) is 1. The molecule has 224 valence electrons. The monoisotopic (exact) mass is 585 g/mol. The summed E-state index contributed by atoms with van der Waals surface area (Å²) in [6.45, 7) is 13.3. The van der Waals surface area contributed by atoms with Crippen LogP contribution in [0.4, 0.5) is 5.69 Å². The number of aliphatic hydroxyl groups excluding tert-OH is 1. The van der Waals surface area contributed by atoms with Crippen LogP contribution >= 0.6 is 11.6 Å². The van der Waals surface area contributed by atoms with Crippen LogP contribution < -0.4 is 4.90 Å². The molecule has 1 N–H and O–H groups in total. The number of ether oxygens (including phenoxy) is 1. The van der Waals surface area contributed by atoms with Gasteiger partial charge in [0.15, 0.2) is 0 Å². The summed E-state index contributed by atoms with van der Waals surface area (Å²) >= 11 is 6.56. The molecule has 4 rings (SSSR count). The predicted molar refractivity (Wildman–Crippen MR) is 161 cm³/mol. The van der Waals surface area contributed by atoms with E-state index in [4.69, 9.17) is 16.3 Å². The maximum Gasteiger partial charge on any atom is 0.253 e. The number of likely N-dealkylation sites (tertiary alicyclic amines) is 1. The number of anilines is 1. The van der Waals surface area contributed by atoms with Gasteiger partial charge in [0.25, 0.3) is 5.91 Å². The molecule has 1 aromatic rings. The molecule has 2 unspecified atom stereocenters. The Morgan fingerprint density at radius 3 is 2.49 bits per heavy atom. The molecule has 0 saturated carbocycles. The number of amides is 3. The second-order valence-electron chi connectivity index (χ2n) is 11.4. The number of nitrogens with zero attached hydrogens (tertiary/aromatic N) is 3. The highest BCUT2D eigenvalue weighted by Crippen LogP contribution is 2.64. The Labute approximate surface area is 248 Å². The van der Waals surface area contributed by atoms with Crippen LogP contribution in [0.2, 0.25) is 5.02 Å². The van der Waals surface area contributed by atoms with E-state index in [9.17, 15) is 19.5 Å². The number of aliphatic hydroxyl groups is 1. The smallest absolute Gasteiger partial charge is 0.253 e. The molecule has 8 nitrogen and oxygen atoms in total. The fourth-order valence-corrected chi connectivity index (χ4v) is 7.59. The molecule has 3 aliphatic rings. The van der Waals surface area contributed by atoms with Crippen molar-refractivity contribution in [1.29, 1.82) is 0 Å². The summed E-state index contributed by atoms with van der Waals surface area (Å²) < 4.78 is 6.94. The van der Waals surface area contributed by atoms with E-state index < -0.39 is 29.1 Å². The Balaban J connectivity index is 1.81. The van der Waals surface area contributed by atoms with Crippen molar-refractivity contribution in [2.24, 2.45) is 11.8 Å². The van der Waals surface area contributed by atoms with Gasteiger partial charge in [-0.05, 0) is 57.1 Å². The lowest BCUT2D eigenvalue weighted by Gasteiger charge is -2.37. The third-order valence-corrected chi connectivity index (χ3v) is 9.43. The zero-order chi connectivity index (χ0) is 29.8. The highest BCUT2D eigenvalue weighted by molar-refractivity contribution is 6.34. The number of rotatable bonds is 15. The lowest BCUT2D eigenvalue weighted by molar-refractivity contribution is -0.151. The first kappa shape index (κ1) is 31.3. The lowest BCUT2D eigenvalue weighted by Crippen LogP contribution is -2.56. The van der Waals surface area contributed by atoms with Gasteiger partial charge in [0.2, 0.25) is 11.8 Å². The fraction of sp³-hybridized carbons (Fsp3) is 0.594. The first-order valence-corrected chi connectivity index (χ1v) is 15.3. The van der Waals surface area contributed by atoms with E-state index in [1.807, 2.05) is 19.9 Å². The largest absolute Gasteiger partial charge is 0.396 e. The van der Waals surface area contributed by atoms with Gasteiger partial charge in [-0.15, -0.1) is 13.2 Å². The van der Waals surface area contributed by atoms with Crippen molar-refractivity contribution in [3.8, 4) is 0 Å². The van der Waals surface area contributed by atoms with Gasteiger partial charge < -0.3 is 24.5 Å². The van der Waals surface area contributed by atoms with E-state index in [1.54, 1.807) is 45.1 Å². The van der Waals surface area contributed by atoms with Crippen LogP contribution in [0, 0.1) is 11.8 Å². The number of fused-ring (bicyclic) bond motifs is 1. The Bertz CT molecular complexity index is 1160. The number of carbonyl (C=O) groups excluding carboxylic acids is 3. The average Bonchev–Trinajstić information content (AvgIpc) is 3.57. The fourth-order valence-electron chi connectivity index (χ4n) is 7.35. The Morgan fingerprint density at radius 1 is 1.12 bits per heavy atom. The molecule has 0 aromatic heterocycles. The molecule has 9 heteroatoms. The molecule has 2 bridgehead atoms. The molecule has 1 spiro atoms. The number of para-hydroxylation sites is 1. The Hall–Kier alpha value is -2.68. The van der Waals surface area contributed by atoms with Crippen molar-refractivity contribution in [3.05, 3.63) is 54.6 Å². The standard InChI is InChI=1S/C32H44ClN3O5/c1-5-18-34(19-6-2)28(38)25-26-29(39)36(21-12-9-13-22-37)27(32(26)17-16-31(25,8-4)41-32)30(40)35(20-7-3)24-15-11-10-14-23(24)33/h5,7,10-11,14-15,25-27,37H,1,3,6,8-9,12-13,16-22H2,2,4H3/t25-,26+,27?,31+,32?/m1/s1. The van der Waals surface area contributed by atoms with Crippen LogP contribution in [0.3, 0.4) is 0 Å². The summed E-state index contributed by atoms with van der Waals surface area (Å²) in [6.07, 6.45) is 7.78. The van der Waals surface area contributed by atoms with Crippen molar-refractivity contribution < 1.29 is 24.2 Å².